The lowest BCUT2D eigenvalue weighted by Crippen LogP contribution is -2.05. The number of aryl methyl sites for hydroxylation is 1. The highest BCUT2D eigenvalue weighted by Crippen LogP contribution is 1.97. The fourth-order valence-electron chi connectivity index (χ4n) is 0.945. The minimum absolute atomic E-state index is 0.858. The maximum absolute atomic E-state index is 4.14. The molecule has 0 fully saturated rings. The van der Waals surface area contributed by atoms with E-state index in [1.807, 2.05) is 26.1 Å². The fourth-order valence-corrected chi connectivity index (χ4v) is 0.945. The number of nitrogens with one attached hydrogen (secondary N) is 1. The lowest BCUT2D eigenvalue weighted by molar-refractivity contribution is 0.818. The molecular formula is C11H14N2. The number of rotatable bonds is 2. The Hall–Kier alpha value is -1.33. The lowest BCUT2D eigenvalue weighted by atomic mass is 10.2. The normalized spacial score (nSPS) is 9.08. The van der Waals surface area contributed by atoms with Gasteiger partial charge in [0.1, 0.15) is 5.69 Å². The van der Waals surface area contributed by atoms with Crippen LogP contribution in [0.2, 0.25) is 0 Å². The zero-order chi connectivity index (χ0) is 9.52. The van der Waals surface area contributed by atoms with Crippen LogP contribution in [0.15, 0.2) is 18.3 Å². The summed E-state index contributed by atoms with van der Waals surface area (Å²) in [6.07, 6.45) is 2.66. The summed E-state index contributed by atoms with van der Waals surface area (Å²) in [5.74, 6) is 6.07. The summed E-state index contributed by atoms with van der Waals surface area (Å²) >= 11 is 0. The van der Waals surface area contributed by atoms with Gasteiger partial charge in [0.25, 0.3) is 0 Å². The molecule has 0 aliphatic rings. The molecule has 0 saturated heterocycles. The van der Waals surface area contributed by atoms with Gasteiger partial charge in [-0.15, -0.1) is 0 Å². The van der Waals surface area contributed by atoms with Gasteiger partial charge < -0.3 is 5.32 Å². The third kappa shape index (κ3) is 3.73. The number of aromatic nitrogens is 1. The van der Waals surface area contributed by atoms with Crippen molar-refractivity contribution in [3.05, 3.63) is 29.6 Å². The third-order valence-corrected chi connectivity index (χ3v) is 1.63. The molecular weight excluding hydrogens is 160 g/mol. The molecule has 0 aliphatic heterocycles. The smallest absolute Gasteiger partial charge is 0.113 e. The van der Waals surface area contributed by atoms with Crippen LogP contribution in [0.25, 0.3) is 0 Å². The lowest BCUT2D eigenvalue weighted by Gasteiger charge is -1.91. The highest BCUT2D eigenvalue weighted by atomic mass is 14.8. The number of pyridine rings is 1. The van der Waals surface area contributed by atoms with Crippen molar-refractivity contribution < 1.29 is 0 Å². The average Bonchev–Trinajstić information content (AvgIpc) is 2.13. The van der Waals surface area contributed by atoms with Crippen molar-refractivity contribution in [1.29, 1.82) is 0 Å². The molecule has 13 heavy (non-hydrogen) atoms. The van der Waals surface area contributed by atoms with Gasteiger partial charge in [0, 0.05) is 19.2 Å². The summed E-state index contributed by atoms with van der Waals surface area (Å²) < 4.78 is 0. The Balaban J connectivity index is 2.56. The maximum atomic E-state index is 4.14. The molecule has 0 spiro atoms. The number of hydrogen-bond acceptors (Lipinski definition) is 2. The topological polar surface area (TPSA) is 24.9 Å². The SMILES string of the molecule is CNCCC#Cc1cc(C)ccn1. The van der Waals surface area contributed by atoms with Crippen molar-refractivity contribution >= 4 is 0 Å². The van der Waals surface area contributed by atoms with E-state index in [4.69, 9.17) is 0 Å². The van der Waals surface area contributed by atoms with Crippen LogP contribution in [0.4, 0.5) is 0 Å². The molecule has 2 heteroatoms. The maximum Gasteiger partial charge on any atom is 0.113 e. The first kappa shape index (κ1) is 9.76. The summed E-state index contributed by atoms with van der Waals surface area (Å²) in [7, 11) is 1.92. The molecule has 0 bridgehead atoms. The van der Waals surface area contributed by atoms with Gasteiger partial charge >= 0.3 is 0 Å². The van der Waals surface area contributed by atoms with Crippen LogP contribution in [0.5, 0.6) is 0 Å². The predicted molar refractivity (Wildman–Crippen MR) is 54.4 cm³/mol. The summed E-state index contributed by atoms with van der Waals surface area (Å²) in [5.41, 5.74) is 2.06. The summed E-state index contributed by atoms with van der Waals surface area (Å²) in [6.45, 7) is 2.97. The van der Waals surface area contributed by atoms with Crippen LogP contribution in [0, 0.1) is 18.8 Å². The van der Waals surface area contributed by atoms with E-state index in [0.29, 0.717) is 0 Å². The van der Waals surface area contributed by atoms with Crippen LogP contribution >= 0.6 is 0 Å². The molecule has 0 unspecified atom stereocenters. The molecule has 2 nitrogen and oxygen atoms in total. The van der Waals surface area contributed by atoms with Crippen molar-refractivity contribution in [1.82, 2.24) is 10.3 Å². The zero-order valence-corrected chi connectivity index (χ0v) is 8.09. The summed E-state index contributed by atoms with van der Waals surface area (Å²) in [5, 5.41) is 3.04. The molecule has 1 rings (SSSR count). The zero-order valence-electron chi connectivity index (χ0n) is 8.09. The quantitative estimate of drug-likeness (QED) is 0.541. The summed E-state index contributed by atoms with van der Waals surface area (Å²) in [4.78, 5) is 4.14. The molecule has 1 heterocycles. The van der Waals surface area contributed by atoms with Gasteiger partial charge in [0.05, 0.1) is 0 Å². The van der Waals surface area contributed by atoms with E-state index in [2.05, 4.69) is 22.1 Å². The van der Waals surface area contributed by atoms with Crippen LogP contribution in [0.3, 0.4) is 0 Å². The number of hydrogen-bond donors (Lipinski definition) is 1. The Morgan fingerprint density at radius 3 is 3.08 bits per heavy atom. The second-order valence-electron chi connectivity index (χ2n) is 2.87. The Bertz CT molecular complexity index is 320. The minimum atomic E-state index is 0.858. The van der Waals surface area contributed by atoms with E-state index in [0.717, 1.165) is 18.7 Å². The second kappa shape index (κ2) is 5.34. The van der Waals surface area contributed by atoms with E-state index in [1.54, 1.807) is 6.20 Å². The van der Waals surface area contributed by atoms with Crippen LogP contribution < -0.4 is 5.32 Å². The van der Waals surface area contributed by atoms with Crippen LogP contribution in [-0.2, 0) is 0 Å². The molecule has 0 atom stereocenters. The molecule has 1 N–H and O–H groups in total. The van der Waals surface area contributed by atoms with Gasteiger partial charge in [0.15, 0.2) is 0 Å². The second-order valence-corrected chi connectivity index (χ2v) is 2.87. The first-order chi connectivity index (χ1) is 6.33. The Labute approximate surface area is 79.4 Å². The van der Waals surface area contributed by atoms with Crippen LogP contribution in [0.1, 0.15) is 17.7 Å². The molecule has 0 amide bonds. The van der Waals surface area contributed by atoms with Gasteiger partial charge in [-0.2, -0.15) is 0 Å². The minimum Gasteiger partial charge on any atom is -0.319 e. The molecule has 68 valence electrons. The Morgan fingerprint density at radius 1 is 1.54 bits per heavy atom. The molecule has 1 aromatic heterocycles. The average molecular weight is 174 g/mol. The first-order valence-corrected chi connectivity index (χ1v) is 4.39. The van der Waals surface area contributed by atoms with Crippen molar-refractivity contribution in [3.8, 4) is 11.8 Å². The van der Waals surface area contributed by atoms with Crippen molar-refractivity contribution in [2.75, 3.05) is 13.6 Å². The van der Waals surface area contributed by atoms with Gasteiger partial charge in [-0.25, -0.2) is 4.98 Å². The molecule has 0 saturated carbocycles. The number of nitrogens with zero attached hydrogens (tertiary/aromatic N) is 1. The molecule has 0 aromatic carbocycles. The molecule has 0 aliphatic carbocycles. The monoisotopic (exact) mass is 174 g/mol. The van der Waals surface area contributed by atoms with Gasteiger partial charge in [-0.1, -0.05) is 5.92 Å². The van der Waals surface area contributed by atoms with Crippen LogP contribution in [-0.4, -0.2) is 18.6 Å². The van der Waals surface area contributed by atoms with E-state index < -0.39 is 0 Å². The Kier molecular flexibility index (Phi) is 4.01. The molecule has 1 aromatic rings. The van der Waals surface area contributed by atoms with E-state index in [1.165, 1.54) is 5.56 Å². The largest absolute Gasteiger partial charge is 0.319 e. The standard InChI is InChI=1S/C11H14N2/c1-10-6-8-13-11(9-10)5-3-4-7-12-2/h6,8-9,12H,4,7H2,1-2H3. The molecule has 0 radical (unpaired) electrons. The Morgan fingerprint density at radius 2 is 2.38 bits per heavy atom. The van der Waals surface area contributed by atoms with E-state index in [9.17, 15) is 0 Å². The summed E-state index contributed by atoms with van der Waals surface area (Å²) in [6, 6.07) is 3.96. The van der Waals surface area contributed by atoms with Crippen molar-refractivity contribution in [3.63, 3.8) is 0 Å². The van der Waals surface area contributed by atoms with Crippen molar-refractivity contribution in [2.24, 2.45) is 0 Å². The predicted octanol–water partition coefficient (Wildman–Crippen LogP) is 1.35. The van der Waals surface area contributed by atoms with E-state index in [-0.39, 0.29) is 0 Å². The van der Waals surface area contributed by atoms with E-state index >= 15 is 0 Å². The highest BCUT2D eigenvalue weighted by Gasteiger charge is 1.87. The first-order valence-electron chi connectivity index (χ1n) is 4.39. The fraction of sp³-hybridized carbons (Fsp3) is 0.364. The van der Waals surface area contributed by atoms with Gasteiger partial charge in [-0.3, -0.25) is 0 Å². The van der Waals surface area contributed by atoms with Crippen molar-refractivity contribution in [2.45, 2.75) is 13.3 Å². The van der Waals surface area contributed by atoms with Gasteiger partial charge in [0.2, 0.25) is 0 Å². The van der Waals surface area contributed by atoms with Gasteiger partial charge in [-0.05, 0) is 37.6 Å². The highest BCUT2D eigenvalue weighted by molar-refractivity contribution is 5.29. The third-order valence-electron chi connectivity index (χ3n) is 1.63.